The number of anilines is 2. The summed E-state index contributed by atoms with van der Waals surface area (Å²) in [6.45, 7) is 5.34. The van der Waals surface area contributed by atoms with Gasteiger partial charge in [-0.3, -0.25) is 14.3 Å². The fourth-order valence-corrected chi connectivity index (χ4v) is 5.35. The number of H-pyrrole nitrogens is 1. The van der Waals surface area contributed by atoms with Crippen LogP contribution in [0, 0.1) is 18.3 Å². The molecule has 204 valence electrons. The number of hydrogen-bond donors (Lipinski definition) is 3. The summed E-state index contributed by atoms with van der Waals surface area (Å²) in [5, 5.41) is 27.2. The Morgan fingerprint density at radius 3 is 2.82 bits per heavy atom. The molecule has 2 fully saturated rings. The van der Waals surface area contributed by atoms with Crippen molar-refractivity contribution in [2.75, 3.05) is 31.6 Å². The van der Waals surface area contributed by atoms with E-state index in [2.05, 4.69) is 16.4 Å². The first-order chi connectivity index (χ1) is 18.7. The van der Waals surface area contributed by atoms with E-state index in [1.165, 1.54) is 6.20 Å². The molecule has 0 saturated carbocycles. The molecule has 0 spiro atoms. The van der Waals surface area contributed by atoms with Crippen molar-refractivity contribution in [1.29, 1.82) is 5.26 Å². The number of nitrogens with one attached hydrogen (secondary N) is 2. The van der Waals surface area contributed by atoms with Crippen LogP contribution in [0.4, 0.5) is 11.5 Å². The second kappa shape index (κ2) is 10.5. The Labute approximate surface area is 224 Å². The molecule has 3 unspecified atom stereocenters. The smallest absolute Gasteiger partial charge is 0.332 e. The molecule has 12 heteroatoms. The molecule has 39 heavy (non-hydrogen) atoms. The van der Waals surface area contributed by atoms with E-state index in [1.54, 1.807) is 27.8 Å². The average molecular weight is 535 g/mol. The van der Waals surface area contributed by atoms with Gasteiger partial charge < -0.3 is 29.8 Å². The van der Waals surface area contributed by atoms with E-state index >= 15 is 0 Å². The standard InChI is InChI=1S/C27H30N6O6/c1-16-13-18(3-4-19(16)25(35)32-11-12-38-17(2)14-32)30-23-22-20(6-10-29-24(22)34)33(31-23)27(8-9-28)7-5-21(26(36)37)39-15-27/h3-4,6,10,13,17,21H,5,7-8,11-12,14-15H2,1-2H3,(H,29,34)(H,30,31)(H,36,37). The first-order valence-corrected chi connectivity index (χ1v) is 12.8. The van der Waals surface area contributed by atoms with Gasteiger partial charge in [-0.05, 0) is 56.5 Å². The predicted octanol–water partition coefficient (Wildman–Crippen LogP) is 2.51. The van der Waals surface area contributed by atoms with E-state index in [9.17, 15) is 24.8 Å². The molecule has 0 bridgehead atoms. The van der Waals surface area contributed by atoms with Crippen molar-refractivity contribution in [2.24, 2.45) is 0 Å². The SMILES string of the molecule is Cc1cc(Nc2nn(C3(CC#N)CCC(C(=O)O)OC3)c3cc[nH]c(=O)c23)ccc1C(=O)N1CCOC(C)C1. The molecular formula is C27H30N6O6. The Balaban J connectivity index is 1.48. The van der Waals surface area contributed by atoms with Gasteiger partial charge in [0.1, 0.15) is 5.39 Å². The highest BCUT2D eigenvalue weighted by atomic mass is 16.5. The van der Waals surface area contributed by atoms with Gasteiger partial charge in [0.05, 0.1) is 42.9 Å². The molecule has 2 aromatic heterocycles. The summed E-state index contributed by atoms with van der Waals surface area (Å²) < 4.78 is 12.8. The number of morpholine rings is 1. The molecule has 0 aliphatic carbocycles. The van der Waals surface area contributed by atoms with Crippen LogP contribution in [0.25, 0.3) is 10.9 Å². The minimum Gasteiger partial charge on any atom is -0.479 e. The number of nitrogens with zero attached hydrogens (tertiary/aromatic N) is 4. The normalized spacial score (nSPS) is 23.4. The summed E-state index contributed by atoms with van der Waals surface area (Å²) >= 11 is 0. The van der Waals surface area contributed by atoms with Crippen LogP contribution in [0.2, 0.25) is 0 Å². The molecule has 1 aromatic carbocycles. The number of carbonyl (C=O) groups is 2. The number of hydrogen-bond acceptors (Lipinski definition) is 8. The Morgan fingerprint density at radius 1 is 1.33 bits per heavy atom. The van der Waals surface area contributed by atoms with Crippen molar-refractivity contribution in [3.8, 4) is 6.07 Å². The number of pyridine rings is 1. The Kier molecular flexibility index (Phi) is 7.12. The lowest BCUT2D eigenvalue weighted by molar-refractivity contribution is -0.158. The number of carboxylic acids is 1. The number of aromatic amines is 1. The minimum atomic E-state index is -1.05. The number of aliphatic carboxylic acids is 1. The zero-order chi connectivity index (χ0) is 27.7. The monoisotopic (exact) mass is 534 g/mol. The van der Waals surface area contributed by atoms with E-state index in [-0.39, 0.29) is 42.8 Å². The molecule has 12 nitrogen and oxygen atoms in total. The first kappa shape index (κ1) is 26.4. The summed E-state index contributed by atoms with van der Waals surface area (Å²) in [6.07, 6.45) is 1.12. The van der Waals surface area contributed by atoms with Gasteiger partial charge in [0.15, 0.2) is 11.9 Å². The van der Waals surface area contributed by atoms with Crippen LogP contribution in [-0.4, -0.2) is 75.2 Å². The van der Waals surface area contributed by atoms with Crippen LogP contribution in [-0.2, 0) is 19.8 Å². The predicted molar refractivity (Wildman–Crippen MR) is 141 cm³/mol. The second-order valence-electron chi connectivity index (χ2n) is 10.2. The maximum Gasteiger partial charge on any atom is 0.332 e. The molecule has 0 radical (unpaired) electrons. The largest absolute Gasteiger partial charge is 0.479 e. The van der Waals surface area contributed by atoms with Gasteiger partial charge in [0.2, 0.25) is 0 Å². The van der Waals surface area contributed by atoms with Gasteiger partial charge in [-0.25, -0.2) is 4.79 Å². The number of benzene rings is 1. The van der Waals surface area contributed by atoms with E-state index in [0.717, 1.165) is 5.56 Å². The van der Waals surface area contributed by atoms with Gasteiger partial charge in [0.25, 0.3) is 11.5 Å². The molecule has 3 atom stereocenters. The number of ether oxygens (including phenoxy) is 2. The second-order valence-corrected chi connectivity index (χ2v) is 10.2. The third-order valence-electron chi connectivity index (χ3n) is 7.41. The fraction of sp³-hybridized carbons (Fsp3) is 0.444. The lowest BCUT2D eigenvalue weighted by atomic mass is 9.87. The van der Waals surface area contributed by atoms with Crippen LogP contribution >= 0.6 is 0 Å². The van der Waals surface area contributed by atoms with Crippen molar-refractivity contribution in [1.82, 2.24) is 19.7 Å². The Hall–Kier alpha value is -4.21. The van der Waals surface area contributed by atoms with Crippen molar-refractivity contribution < 1.29 is 24.2 Å². The van der Waals surface area contributed by atoms with Crippen molar-refractivity contribution in [2.45, 2.75) is 50.9 Å². The summed E-state index contributed by atoms with van der Waals surface area (Å²) in [4.78, 5) is 41.9. The highest BCUT2D eigenvalue weighted by molar-refractivity contribution is 5.97. The molecule has 3 N–H and O–H groups in total. The average Bonchev–Trinajstić information content (AvgIpc) is 3.29. The van der Waals surface area contributed by atoms with Gasteiger partial charge >= 0.3 is 5.97 Å². The number of aryl methyl sites for hydroxylation is 1. The quantitative estimate of drug-likeness (QED) is 0.431. The fourth-order valence-electron chi connectivity index (χ4n) is 5.35. The maximum atomic E-state index is 13.1. The number of nitriles is 1. The molecule has 2 aliphatic rings. The summed E-state index contributed by atoms with van der Waals surface area (Å²) in [7, 11) is 0. The Bertz CT molecular complexity index is 1510. The summed E-state index contributed by atoms with van der Waals surface area (Å²) in [5.74, 6) is -0.828. The van der Waals surface area contributed by atoms with Gasteiger partial charge in [0, 0.05) is 30.5 Å². The van der Waals surface area contributed by atoms with E-state index in [0.29, 0.717) is 48.3 Å². The molecule has 3 aromatic rings. The lowest BCUT2D eigenvalue weighted by Crippen LogP contribution is -2.46. The zero-order valence-corrected chi connectivity index (χ0v) is 21.8. The molecule has 1 amide bonds. The van der Waals surface area contributed by atoms with Crippen LogP contribution < -0.4 is 10.9 Å². The highest BCUT2D eigenvalue weighted by Crippen LogP contribution is 2.37. The molecule has 2 saturated heterocycles. The van der Waals surface area contributed by atoms with Crippen molar-refractivity contribution in [3.05, 3.63) is 51.9 Å². The molecule has 4 heterocycles. The zero-order valence-electron chi connectivity index (χ0n) is 21.8. The maximum absolute atomic E-state index is 13.1. The van der Waals surface area contributed by atoms with E-state index in [4.69, 9.17) is 14.6 Å². The molecular weight excluding hydrogens is 504 g/mol. The van der Waals surface area contributed by atoms with Gasteiger partial charge in [-0.1, -0.05) is 0 Å². The topological polar surface area (TPSA) is 163 Å². The van der Waals surface area contributed by atoms with Crippen molar-refractivity contribution >= 4 is 34.3 Å². The first-order valence-electron chi connectivity index (χ1n) is 12.8. The highest BCUT2D eigenvalue weighted by Gasteiger charge is 2.42. The van der Waals surface area contributed by atoms with Crippen molar-refractivity contribution in [3.63, 3.8) is 0 Å². The van der Waals surface area contributed by atoms with Crippen LogP contribution in [0.5, 0.6) is 0 Å². The summed E-state index contributed by atoms with van der Waals surface area (Å²) in [6, 6.07) is 9.22. The minimum absolute atomic E-state index is 0.0145. The summed E-state index contributed by atoms with van der Waals surface area (Å²) in [5.41, 5.74) is 1.19. The van der Waals surface area contributed by atoms with Gasteiger partial charge in [-0.15, -0.1) is 0 Å². The Morgan fingerprint density at radius 2 is 2.15 bits per heavy atom. The molecule has 2 aliphatic heterocycles. The number of aromatic nitrogens is 3. The number of amides is 1. The van der Waals surface area contributed by atoms with E-state index in [1.807, 2.05) is 19.9 Å². The van der Waals surface area contributed by atoms with Gasteiger partial charge in [-0.2, -0.15) is 10.4 Å². The number of rotatable bonds is 6. The third kappa shape index (κ3) is 4.98. The number of fused-ring (bicyclic) bond motifs is 1. The third-order valence-corrected chi connectivity index (χ3v) is 7.41. The molecule has 5 rings (SSSR count). The van der Waals surface area contributed by atoms with Crippen LogP contribution in [0.15, 0.2) is 35.3 Å². The van der Waals surface area contributed by atoms with E-state index < -0.39 is 17.6 Å². The van der Waals surface area contributed by atoms with Crippen LogP contribution in [0.3, 0.4) is 0 Å². The van der Waals surface area contributed by atoms with Crippen LogP contribution in [0.1, 0.15) is 42.1 Å². The number of carboxylic acid groups (broad SMARTS) is 1. The number of carbonyl (C=O) groups excluding carboxylic acids is 1. The lowest BCUT2D eigenvalue weighted by Gasteiger charge is -2.38.